The summed E-state index contributed by atoms with van der Waals surface area (Å²) in [4.78, 5) is 11.9. The first-order valence-electron chi connectivity index (χ1n) is 5.33. The van der Waals surface area contributed by atoms with Crippen LogP contribution in [0.2, 0.25) is 0 Å². The van der Waals surface area contributed by atoms with Gasteiger partial charge in [-0.3, -0.25) is 0 Å². The predicted molar refractivity (Wildman–Crippen MR) is 72.3 cm³/mol. The SMILES string of the molecule is C=CCCOC(=O)c1c(Br)cc(OC)cc1OC. The maximum absolute atomic E-state index is 11.9. The minimum atomic E-state index is -0.441. The topological polar surface area (TPSA) is 44.8 Å². The lowest BCUT2D eigenvalue weighted by atomic mass is 10.2. The van der Waals surface area contributed by atoms with E-state index in [4.69, 9.17) is 14.2 Å². The molecule has 0 spiro atoms. The normalized spacial score (nSPS) is 9.72. The lowest BCUT2D eigenvalue weighted by Gasteiger charge is -2.12. The third kappa shape index (κ3) is 3.50. The predicted octanol–water partition coefficient (Wildman–Crippen LogP) is 3.20. The lowest BCUT2D eigenvalue weighted by Crippen LogP contribution is -2.09. The summed E-state index contributed by atoms with van der Waals surface area (Å²) in [7, 11) is 3.03. The van der Waals surface area contributed by atoms with E-state index in [1.54, 1.807) is 25.3 Å². The highest BCUT2D eigenvalue weighted by atomic mass is 79.9. The molecule has 0 saturated carbocycles. The molecule has 0 atom stereocenters. The Morgan fingerprint density at radius 1 is 1.39 bits per heavy atom. The third-order valence-electron chi connectivity index (χ3n) is 2.24. The molecule has 5 heteroatoms. The van der Waals surface area contributed by atoms with Gasteiger partial charge in [0.2, 0.25) is 0 Å². The largest absolute Gasteiger partial charge is 0.497 e. The Labute approximate surface area is 115 Å². The first kappa shape index (κ1) is 14.6. The van der Waals surface area contributed by atoms with Crippen molar-refractivity contribution < 1.29 is 19.0 Å². The summed E-state index contributed by atoms with van der Waals surface area (Å²) >= 11 is 3.31. The first-order chi connectivity index (χ1) is 8.63. The number of hydrogen-bond acceptors (Lipinski definition) is 4. The van der Waals surface area contributed by atoms with Crippen LogP contribution in [0.5, 0.6) is 11.5 Å². The number of benzene rings is 1. The molecular formula is C13H15BrO4. The molecule has 0 aliphatic heterocycles. The first-order valence-corrected chi connectivity index (χ1v) is 6.12. The zero-order valence-electron chi connectivity index (χ0n) is 10.4. The molecule has 0 N–H and O–H groups in total. The summed E-state index contributed by atoms with van der Waals surface area (Å²) in [6.45, 7) is 3.86. The number of hydrogen-bond donors (Lipinski definition) is 0. The van der Waals surface area contributed by atoms with Gasteiger partial charge in [-0.15, -0.1) is 6.58 Å². The number of halogens is 1. The van der Waals surface area contributed by atoms with E-state index < -0.39 is 5.97 Å². The fourth-order valence-corrected chi connectivity index (χ4v) is 1.92. The van der Waals surface area contributed by atoms with Crippen LogP contribution in [0.25, 0.3) is 0 Å². The van der Waals surface area contributed by atoms with Crippen LogP contribution in [-0.4, -0.2) is 26.8 Å². The minimum Gasteiger partial charge on any atom is -0.497 e. The second-order valence-corrected chi connectivity index (χ2v) is 4.25. The molecule has 4 nitrogen and oxygen atoms in total. The number of esters is 1. The molecule has 0 aliphatic rings. The summed E-state index contributed by atoms with van der Waals surface area (Å²) in [5, 5.41) is 0. The number of methoxy groups -OCH3 is 2. The monoisotopic (exact) mass is 314 g/mol. The summed E-state index contributed by atoms with van der Waals surface area (Å²) in [5.41, 5.74) is 0.349. The fourth-order valence-electron chi connectivity index (χ4n) is 1.34. The van der Waals surface area contributed by atoms with Gasteiger partial charge < -0.3 is 14.2 Å². The molecule has 0 fully saturated rings. The summed E-state index contributed by atoms with van der Waals surface area (Å²) in [6.07, 6.45) is 2.30. The highest BCUT2D eigenvalue weighted by Crippen LogP contribution is 2.32. The van der Waals surface area contributed by atoms with Crippen molar-refractivity contribution >= 4 is 21.9 Å². The van der Waals surface area contributed by atoms with Gasteiger partial charge in [0.1, 0.15) is 17.1 Å². The second-order valence-electron chi connectivity index (χ2n) is 3.40. The van der Waals surface area contributed by atoms with E-state index in [1.807, 2.05) is 0 Å². The molecule has 0 saturated heterocycles. The van der Waals surface area contributed by atoms with Gasteiger partial charge in [-0.25, -0.2) is 4.79 Å². The molecule has 1 aromatic carbocycles. The highest BCUT2D eigenvalue weighted by Gasteiger charge is 2.19. The van der Waals surface area contributed by atoms with Gasteiger partial charge in [0.15, 0.2) is 0 Å². The molecule has 0 aliphatic carbocycles. The van der Waals surface area contributed by atoms with Crippen molar-refractivity contribution in [1.82, 2.24) is 0 Å². The van der Waals surface area contributed by atoms with E-state index >= 15 is 0 Å². The van der Waals surface area contributed by atoms with Crippen molar-refractivity contribution in [2.45, 2.75) is 6.42 Å². The average Bonchev–Trinajstić information content (AvgIpc) is 2.37. The van der Waals surface area contributed by atoms with Gasteiger partial charge in [0.25, 0.3) is 0 Å². The smallest absolute Gasteiger partial charge is 0.343 e. The summed E-state index contributed by atoms with van der Waals surface area (Å²) < 4.78 is 15.9. The summed E-state index contributed by atoms with van der Waals surface area (Å²) in [6, 6.07) is 3.32. The van der Waals surface area contributed by atoms with Crippen LogP contribution in [0.1, 0.15) is 16.8 Å². The van der Waals surface area contributed by atoms with Crippen molar-refractivity contribution in [3.05, 3.63) is 34.8 Å². The Kier molecular flexibility index (Phi) is 5.71. The van der Waals surface area contributed by atoms with Gasteiger partial charge in [-0.05, 0) is 28.4 Å². The zero-order valence-corrected chi connectivity index (χ0v) is 12.0. The maximum Gasteiger partial charge on any atom is 0.343 e. The van der Waals surface area contributed by atoms with Crippen LogP contribution >= 0.6 is 15.9 Å². The Bertz CT molecular complexity index is 443. The Balaban J connectivity index is 2.99. The van der Waals surface area contributed by atoms with E-state index in [9.17, 15) is 4.79 Å². The van der Waals surface area contributed by atoms with Crippen molar-refractivity contribution in [3.8, 4) is 11.5 Å². The van der Waals surface area contributed by atoms with Crippen molar-refractivity contribution in [3.63, 3.8) is 0 Å². The average molecular weight is 315 g/mol. The molecule has 0 heterocycles. The molecular weight excluding hydrogens is 300 g/mol. The van der Waals surface area contributed by atoms with E-state index in [0.717, 1.165) is 0 Å². The maximum atomic E-state index is 11.9. The molecule has 0 bridgehead atoms. The van der Waals surface area contributed by atoms with E-state index in [2.05, 4.69) is 22.5 Å². The minimum absolute atomic E-state index is 0.296. The number of ether oxygens (including phenoxy) is 3. The van der Waals surface area contributed by atoms with Crippen LogP contribution in [-0.2, 0) is 4.74 Å². The van der Waals surface area contributed by atoms with Crippen LogP contribution in [0.4, 0.5) is 0 Å². The molecule has 1 rings (SSSR count). The van der Waals surface area contributed by atoms with Crippen LogP contribution in [0.15, 0.2) is 29.3 Å². The Hall–Kier alpha value is -1.49. The van der Waals surface area contributed by atoms with Crippen molar-refractivity contribution in [2.75, 3.05) is 20.8 Å². The Morgan fingerprint density at radius 3 is 2.67 bits per heavy atom. The number of carbonyl (C=O) groups excluding carboxylic acids is 1. The van der Waals surface area contributed by atoms with Crippen LogP contribution in [0.3, 0.4) is 0 Å². The molecule has 98 valence electrons. The Morgan fingerprint density at radius 2 is 2.11 bits per heavy atom. The van der Waals surface area contributed by atoms with Crippen molar-refractivity contribution in [2.24, 2.45) is 0 Å². The second kappa shape index (κ2) is 7.06. The third-order valence-corrected chi connectivity index (χ3v) is 2.87. The fraction of sp³-hybridized carbons (Fsp3) is 0.308. The van der Waals surface area contributed by atoms with Gasteiger partial charge in [-0.1, -0.05) is 6.08 Å². The van der Waals surface area contributed by atoms with Gasteiger partial charge >= 0.3 is 5.97 Å². The molecule has 1 aromatic rings. The van der Waals surface area contributed by atoms with Crippen LogP contribution < -0.4 is 9.47 Å². The van der Waals surface area contributed by atoms with E-state index in [1.165, 1.54) is 7.11 Å². The lowest BCUT2D eigenvalue weighted by molar-refractivity contribution is 0.0507. The molecule has 18 heavy (non-hydrogen) atoms. The standard InChI is InChI=1S/C13H15BrO4/c1-4-5-6-18-13(15)12-10(14)7-9(16-2)8-11(12)17-3/h4,7-8H,1,5-6H2,2-3H3. The highest BCUT2D eigenvalue weighted by molar-refractivity contribution is 9.10. The van der Waals surface area contributed by atoms with Gasteiger partial charge in [0.05, 0.1) is 20.8 Å². The van der Waals surface area contributed by atoms with E-state index in [0.29, 0.717) is 34.6 Å². The van der Waals surface area contributed by atoms with E-state index in [-0.39, 0.29) is 0 Å². The van der Waals surface area contributed by atoms with Crippen molar-refractivity contribution in [1.29, 1.82) is 0 Å². The molecule has 0 amide bonds. The summed E-state index contributed by atoms with van der Waals surface area (Å²) in [5.74, 6) is 0.564. The number of rotatable bonds is 6. The molecule has 0 radical (unpaired) electrons. The molecule has 0 aromatic heterocycles. The van der Waals surface area contributed by atoms with Crippen LogP contribution in [0, 0.1) is 0 Å². The quantitative estimate of drug-likeness (QED) is 0.459. The molecule has 0 unspecified atom stereocenters. The van der Waals surface area contributed by atoms with Gasteiger partial charge in [0, 0.05) is 10.5 Å². The number of carbonyl (C=O) groups is 1. The van der Waals surface area contributed by atoms with Gasteiger partial charge in [-0.2, -0.15) is 0 Å². The zero-order chi connectivity index (χ0) is 13.5.